The molecule has 0 radical (unpaired) electrons. The van der Waals surface area contributed by atoms with Gasteiger partial charge in [-0.1, -0.05) is 366 Å². The second kappa shape index (κ2) is 34.9. The Balaban J connectivity index is 0.000000113. The maximum absolute atomic E-state index is 5.13. The minimum Gasteiger partial charge on any atom is -0.309 e. The first-order chi connectivity index (χ1) is 68.7. The third kappa shape index (κ3) is 15.0. The molecule has 0 saturated carbocycles. The summed E-state index contributed by atoms with van der Waals surface area (Å²) in [6.07, 6.45) is 0. The van der Waals surface area contributed by atoms with E-state index in [4.69, 9.17) is 29.9 Å². The van der Waals surface area contributed by atoms with E-state index in [0.29, 0.717) is 17.5 Å². The smallest absolute Gasteiger partial charge is 0.160 e. The third-order valence-electron chi connectivity index (χ3n) is 27.4. The van der Waals surface area contributed by atoms with Crippen LogP contribution >= 0.6 is 0 Å². The SMILES string of the molecule is CC1(C)c2ccccc2-c2cc3c4ccccc4n(-c4ccc(-c5nc(-c6ccccc6)cc(-c6ccccc6)n5)cc4)c3cc21.c1ccc(-c2cc(-c3ccccc3)nc(-c3cccc(-n4c5ccccc5c5cc(-c6ccc7c(c6)c6ccccc6n7-c6ccccc6)ccc54)c3)n2)cc1.c1ccc(-c2cc(-c3ccccc3)nc(-c3cccc(-n4c5ccccc5c5ccccc54)c3)n2)cc1. The zero-order valence-electron chi connectivity index (χ0n) is 76.3. The van der Waals surface area contributed by atoms with Crippen LogP contribution in [-0.2, 0) is 5.41 Å². The highest BCUT2D eigenvalue weighted by molar-refractivity contribution is 6.15. The van der Waals surface area contributed by atoms with Crippen molar-refractivity contribution in [3.05, 3.63) is 509 Å². The molecule has 654 valence electrons. The van der Waals surface area contributed by atoms with E-state index in [9.17, 15) is 0 Å². The Bertz CT molecular complexity index is 8960. The van der Waals surface area contributed by atoms with E-state index in [1.807, 2.05) is 60.7 Å². The summed E-state index contributed by atoms with van der Waals surface area (Å²) in [6.45, 7) is 4.69. The van der Waals surface area contributed by atoms with Crippen LogP contribution in [0, 0.1) is 0 Å². The maximum Gasteiger partial charge on any atom is 0.160 e. The van der Waals surface area contributed by atoms with Crippen molar-refractivity contribution in [3.63, 3.8) is 0 Å². The average molecular weight is 1780 g/mol. The van der Waals surface area contributed by atoms with E-state index in [-0.39, 0.29) is 5.41 Å². The third-order valence-corrected chi connectivity index (χ3v) is 27.4. The number of hydrogen-bond acceptors (Lipinski definition) is 6. The van der Waals surface area contributed by atoms with Gasteiger partial charge in [0.1, 0.15) is 0 Å². The molecule has 0 fully saturated rings. The molecule has 26 aromatic rings. The molecule has 19 aromatic carbocycles. The molecule has 7 aromatic heterocycles. The Kier molecular flexibility index (Phi) is 20.7. The number of fused-ring (bicyclic) bond motifs is 15. The largest absolute Gasteiger partial charge is 0.309 e. The highest BCUT2D eigenvalue weighted by atomic mass is 15.0. The van der Waals surface area contributed by atoms with Gasteiger partial charge in [-0.05, 0) is 179 Å². The zero-order chi connectivity index (χ0) is 92.4. The molecule has 1 aliphatic carbocycles. The van der Waals surface area contributed by atoms with Gasteiger partial charge in [-0.15, -0.1) is 0 Å². The number of nitrogens with zero attached hydrogens (tertiary/aromatic N) is 10. The molecule has 0 saturated heterocycles. The summed E-state index contributed by atoms with van der Waals surface area (Å²) in [6, 6.07) is 175. The van der Waals surface area contributed by atoms with Gasteiger partial charge in [0.25, 0.3) is 0 Å². The van der Waals surface area contributed by atoms with Gasteiger partial charge in [0, 0.05) is 121 Å². The van der Waals surface area contributed by atoms with Crippen LogP contribution < -0.4 is 0 Å². The van der Waals surface area contributed by atoms with Gasteiger partial charge < -0.3 is 18.3 Å². The second-order valence-corrected chi connectivity index (χ2v) is 36.0. The Morgan fingerprint density at radius 1 is 0.151 bits per heavy atom. The van der Waals surface area contributed by atoms with Crippen molar-refractivity contribution in [2.24, 2.45) is 0 Å². The molecule has 7 heterocycles. The lowest BCUT2D eigenvalue weighted by molar-refractivity contribution is 0.661. The van der Waals surface area contributed by atoms with Crippen molar-refractivity contribution >= 4 is 87.2 Å². The Labute approximate surface area is 804 Å². The van der Waals surface area contributed by atoms with Crippen molar-refractivity contribution in [1.82, 2.24) is 48.2 Å². The fraction of sp³-hybridized carbons (Fsp3) is 0.0233. The van der Waals surface area contributed by atoms with Crippen LogP contribution in [0.2, 0.25) is 0 Å². The van der Waals surface area contributed by atoms with E-state index in [1.165, 1.54) is 110 Å². The monoisotopic (exact) mass is 1780 g/mol. The Morgan fingerprint density at radius 3 is 0.777 bits per heavy atom. The lowest BCUT2D eigenvalue weighted by atomic mass is 9.82. The van der Waals surface area contributed by atoms with Crippen LogP contribution in [0.3, 0.4) is 0 Å². The second-order valence-electron chi connectivity index (χ2n) is 36.0. The van der Waals surface area contributed by atoms with E-state index < -0.39 is 0 Å². The van der Waals surface area contributed by atoms with Crippen molar-refractivity contribution < 1.29 is 0 Å². The summed E-state index contributed by atoms with van der Waals surface area (Å²) >= 11 is 0. The number of hydrogen-bond donors (Lipinski definition) is 0. The molecule has 0 spiro atoms. The highest BCUT2D eigenvalue weighted by Crippen LogP contribution is 2.52. The molecular weight excluding hydrogens is 1690 g/mol. The van der Waals surface area contributed by atoms with Gasteiger partial charge in [-0.2, -0.15) is 0 Å². The molecule has 10 heteroatoms. The van der Waals surface area contributed by atoms with E-state index in [0.717, 1.165) is 118 Å². The first kappa shape index (κ1) is 82.5. The zero-order valence-corrected chi connectivity index (χ0v) is 76.3. The van der Waals surface area contributed by atoms with Gasteiger partial charge >= 0.3 is 0 Å². The van der Waals surface area contributed by atoms with Crippen LogP contribution in [0.5, 0.6) is 0 Å². The van der Waals surface area contributed by atoms with Gasteiger partial charge in [-0.3, -0.25) is 0 Å². The molecule has 0 unspecified atom stereocenters. The number of para-hydroxylation sites is 6. The van der Waals surface area contributed by atoms with Crippen molar-refractivity contribution in [1.29, 1.82) is 0 Å². The quantitative estimate of drug-likeness (QED) is 0.108. The van der Waals surface area contributed by atoms with Crippen LogP contribution in [0.25, 0.3) is 234 Å². The van der Waals surface area contributed by atoms with Gasteiger partial charge in [0.05, 0.1) is 78.3 Å². The molecule has 1 aliphatic rings. The topological polar surface area (TPSA) is 97.1 Å². The first-order valence-corrected chi connectivity index (χ1v) is 47.3. The van der Waals surface area contributed by atoms with Crippen molar-refractivity contribution in [2.45, 2.75) is 19.3 Å². The number of aromatic nitrogens is 10. The minimum atomic E-state index is -0.0666. The normalized spacial score (nSPS) is 12.0. The Hall–Kier alpha value is -18.4. The lowest BCUT2D eigenvalue weighted by Crippen LogP contribution is -2.14. The lowest BCUT2D eigenvalue weighted by Gasteiger charge is -2.21. The molecule has 139 heavy (non-hydrogen) atoms. The first-order valence-electron chi connectivity index (χ1n) is 47.3. The molecule has 0 atom stereocenters. The average Bonchev–Trinajstić information content (AvgIpc) is 1.54. The van der Waals surface area contributed by atoms with Crippen LogP contribution in [0.15, 0.2) is 497 Å². The summed E-state index contributed by atoms with van der Waals surface area (Å²) in [4.78, 5) is 30.4. The molecular formula is C129H88N10. The van der Waals surface area contributed by atoms with Crippen molar-refractivity contribution in [3.8, 4) is 147 Å². The van der Waals surface area contributed by atoms with E-state index in [2.05, 4.69) is 469 Å². The fourth-order valence-corrected chi connectivity index (χ4v) is 20.7. The van der Waals surface area contributed by atoms with Gasteiger partial charge in [-0.25, -0.2) is 29.9 Å². The highest BCUT2D eigenvalue weighted by Gasteiger charge is 2.37. The van der Waals surface area contributed by atoms with Crippen molar-refractivity contribution in [2.75, 3.05) is 0 Å². The molecule has 0 amide bonds. The molecule has 0 bridgehead atoms. The predicted molar refractivity (Wildman–Crippen MR) is 575 cm³/mol. The summed E-state index contributed by atoms with van der Waals surface area (Å²) in [5.74, 6) is 2.12. The van der Waals surface area contributed by atoms with E-state index >= 15 is 0 Å². The fourth-order valence-electron chi connectivity index (χ4n) is 20.7. The molecule has 10 nitrogen and oxygen atoms in total. The summed E-state index contributed by atoms with van der Waals surface area (Å²) < 4.78 is 9.47. The Morgan fingerprint density at radius 2 is 0.410 bits per heavy atom. The standard InChI is InChI=1S/C52H34N4.C43H31N3.C34H23N3/c1-4-15-35(16-5-1)46-34-47(36-17-6-2-7-18-36)54-52(53-46)39-19-14-22-41(31-39)56-49-26-13-11-24-43(49)45-33-38(28-30-51(45)56)37-27-29-50-44(32-37)42-23-10-12-25-48(42)55(50)40-20-8-3-9-21-40;1-43(2)36-19-11-9-17-32(36)34-25-35-33-18-10-12-20-40(33)46(41(35)26-37(34)43)31-23-21-30(22-24-31)42-44-38(28-13-5-3-6-14-28)27-39(45-42)29-15-7-4-8-16-29;1-3-12-24(13-4-1)30-23-31(25-14-5-2-6-15-25)36-34(35-30)26-16-11-17-27(22-26)37-32-20-9-7-18-28(32)29-19-8-10-21-33(29)37/h1-34H;3-27H,1-2H3;1-23H. The van der Waals surface area contributed by atoms with Crippen LogP contribution in [0.1, 0.15) is 25.0 Å². The van der Waals surface area contributed by atoms with E-state index in [1.54, 1.807) is 0 Å². The summed E-state index contributed by atoms with van der Waals surface area (Å²) in [5.41, 5.74) is 36.5. The molecule has 27 rings (SSSR count). The number of rotatable bonds is 14. The van der Waals surface area contributed by atoms with Crippen LogP contribution in [0.4, 0.5) is 0 Å². The summed E-state index contributed by atoms with van der Waals surface area (Å²) in [7, 11) is 0. The minimum absolute atomic E-state index is 0.0666. The summed E-state index contributed by atoms with van der Waals surface area (Å²) in [5, 5.41) is 9.95. The molecule has 0 aliphatic heterocycles. The molecule has 0 N–H and O–H groups in total. The number of benzene rings is 19. The van der Waals surface area contributed by atoms with Gasteiger partial charge in [0.2, 0.25) is 0 Å². The maximum atomic E-state index is 5.13. The van der Waals surface area contributed by atoms with Crippen LogP contribution in [-0.4, -0.2) is 48.2 Å². The predicted octanol–water partition coefficient (Wildman–Crippen LogP) is 32.8. The van der Waals surface area contributed by atoms with Gasteiger partial charge in [0.15, 0.2) is 17.5 Å².